The van der Waals surface area contributed by atoms with Crippen molar-refractivity contribution < 1.29 is 4.79 Å². The van der Waals surface area contributed by atoms with Crippen LogP contribution < -0.4 is 10.7 Å². The molecule has 1 amide bonds. The van der Waals surface area contributed by atoms with Gasteiger partial charge in [0, 0.05) is 11.3 Å². The molecule has 0 saturated heterocycles. The molecule has 1 unspecified atom stereocenters. The molecule has 0 saturated carbocycles. The summed E-state index contributed by atoms with van der Waals surface area (Å²) in [6, 6.07) is 7.94. The zero-order valence-electron chi connectivity index (χ0n) is 10.8. The molecule has 1 heterocycles. The van der Waals surface area contributed by atoms with E-state index in [9.17, 15) is 4.79 Å². The summed E-state index contributed by atoms with van der Waals surface area (Å²) >= 11 is 0. The second-order valence-electron chi connectivity index (χ2n) is 4.70. The Morgan fingerprint density at radius 1 is 1.37 bits per heavy atom. The van der Waals surface area contributed by atoms with Crippen LogP contribution in [0.5, 0.6) is 0 Å². The smallest absolute Gasteiger partial charge is 0.271 e. The van der Waals surface area contributed by atoms with Crippen LogP contribution in [0.3, 0.4) is 0 Å². The van der Waals surface area contributed by atoms with E-state index >= 15 is 0 Å². The number of nitrogens with zero attached hydrogens (tertiary/aromatic N) is 2. The van der Waals surface area contributed by atoms with Gasteiger partial charge >= 0.3 is 0 Å². The van der Waals surface area contributed by atoms with E-state index in [0.29, 0.717) is 0 Å². The van der Waals surface area contributed by atoms with Crippen LogP contribution in [0.4, 0.5) is 0 Å². The van der Waals surface area contributed by atoms with Gasteiger partial charge < -0.3 is 5.32 Å². The number of benzene rings is 1. The average Bonchev–Trinajstić information content (AvgIpc) is 2.73. The molecule has 5 nitrogen and oxygen atoms in total. The lowest BCUT2D eigenvalue weighted by molar-refractivity contribution is -0.122. The summed E-state index contributed by atoms with van der Waals surface area (Å²) < 4.78 is 0. The number of carbonyl (C=O) groups excluding carboxylic acids is 1. The largest absolute Gasteiger partial charge is 0.321 e. The molecule has 1 aliphatic heterocycles. The molecule has 0 radical (unpaired) electrons. The van der Waals surface area contributed by atoms with E-state index < -0.39 is 6.17 Å². The van der Waals surface area contributed by atoms with E-state index in [4.69, 9.17) is 0 Å². The predicted molar refractivity (Wildman–Crippen MR) is 74.8 cm³/mol. The van der Waals surface area contributed by atoms with Gasteiger partial charge in [-0.25, -0.2) is 4.99 Å². The minimum atomic E-state index is -0.673. The molecular formula is C14H14N4O. The zero-order valence-corrected chi connectivity index (χ0v) is 10.8. The number of hydrazone groups is 1. The van der Waals surface area contributed by atoms with E-state index in [1.807, 2.05) is 44.2 Å². The highest BCUT2D eigenvalue weighted by Crippen LogP contribution is 2.26. The minimum absolute atomic E-state index is 0.187. The maximum atomic E-state index is 11.9. The third-order valence-corrected chi connectivity index (χ3v) is 2.95. The Morgan fingerprint density at radius 3 is 2.95 bits per heavy atom. The van der Waals surface area contributed by atoms with Crippen molar-refractivity contribution in [2.24, 2.45) is 10.1 Å². The van der Waals surface area contributed by atoms with Crippen LogP contribution in [0.2, 0.25) is 0 Å². The van der Waals surface area contributed by atoms with E-state index in [0.717, 1.165) is 28.2 Å². The fourth-order valence-corrected chi connectivity index (χ4v) is 2.11. The van der Waals surface area contributed by atoms with Gasteiger partial charge in [-0.15, -0.1) is 0 Å². The Bertz CT molecular complexity index is 639. The van der Waals surface area contributed by atoms with Crippen LogP contribution >= 0.6 is 0 Å². The Hall–Kier alpha value is -2.43. The predicted octanol–water partition coefficient (Wildman–Crippen LogP) is 1.27. The third-order valence-electron chi connectivity index (χ3n) is 2.95. The molecule has 2 aliphatic rings. The SMILES string of the molecule is CC(C)=NNC1N=C2C(=Cc3ccccc32)NC1=O. The molecule has 3 rings (SSSR count). The summed E-state index contributed by atoms with van der Waals surface area (Å²) in [6.45, 7) is 3.72. The fourth-order valence-electron chi connectivity index (χ4n) is 2.11. The number of hydrogen-bond donors (Lipinski definition) is 2. The van der Waals surface area contributed by atoms with Gasteiger partial charge in [-0.1, -0.05) is 24.3 Å². The summed E-state index contributed by atoms with van der Waals surface area (Å²) in [5, 5.41) is 6.91. The molecule has 19 heavy (non-hydrogen) atoms. The van der Waals surface area contributed by atoms with E-state index in [-0.39, 0.29) is 5.91 Å². The van der Waals surface area contributed by atoms with Crippen molar-refractivity contribution >= 4 is 23.4 Å². The highest BCUT2D eigenvalue weighted by Gasteiger charge is 2.30. The summed E-state index contributed by atoms with van der Waals surface area (Å²) in [6.07, 6.45) is 1.27. The number of aliphatic imine (C=N–C) groups is 1. The van der Waals surface area contributed by atoms with Gasteiger partial charge in [0.1, 0.15) is 0 Å². The second kappa shape index (κ2) is 4.35. The maximum absolute atomic E-state index is 11.9. The Labute approximate surface area is 111 Å². The number of hydrogen-bond acceptors (Lipinski definition) is 4. The number of allylic oxidation sites excluding steroid dienone is 1. The van der Waals surface area contributed by atoms with Gasteiger partial charge in [0.2, 0.25) is 6.17 Å². The Balaban J connectivity index is 1.97. The molecule has 0 spiro atoms. The van der Waals surface area contributed by atoms with Crippen LogP contribution in [0.15, 0.2) is 40.1 Å². The fraction of sp³-hybridized carbons (Fsp3) is 0.214. The van der Waals surface area contributed by atoms with Gasteiger partial charge in [0.05, 0.1) is 11.4 Å². The highest BCUT2D eigenvalue weighted by molar-refractivity contribution is 6.23. The van der Waals surface area contributed by atoms with Crippen molar-refractivity contribution in [1.29, 1.82) is 0 Å². The lowest BCUT2D eigenvalue weighted by Crippen LogP contribution is -2.46. The first-order valence-electron chi connectivity index (χ1n) is 6.12. The molecule has 1 aromatic rings. The highest BCUT2D eigenvalue weighted by atomic mass is 16.2. The first-order chi connectivity index (χ1) is 9.15. The van der Waals surface area contributed by atoms with Gasteiger partial charge in [0.25, 0.3) is 5.91 Å². The molecule has 0 bridgehead atoms. The number of rotatable bonds is 2. The summed E-state index contributed by atoms with van der Waals surface area (Å²) in [5.74, 6) is -0.187. The number of carbonyl (C=O) groups is 1. The Morgan fingerprint density at radius 2 is 2.16 bits per heavy atom. The van der Waals surface area contributed by atoms with E-state index in [2.05, 4.69) is 20.8 Å². The van der Waals surface area contributed by atoms with E-state index in [1.54, 1.807) is 0 Å². The van der Waals surface area contributed by atoms with Crippen molar-refractivity contribution in [3.8, 4) is 0 Å². The normalized spacial score (nSPS) is 19.7. The van der Waals surface area contributed by atoms with Crippen LogP contribution in [0, 0.1) is 0 Å². The lowest BCUT2D eigenvalue weighted by Gasteiger charge is -2.20. The summed E-state index contributed by atoms with van der Waals surface area (Å²) in [7, 11) is 0. The first-order valence-corrected chi connectivity index (χ1v) is 6.12. The molecule has 1 atom stereocenters. The molecular weight excluding hydrogens is 240 g/mol. The van der Waals surface area contributed by atoms with Crippen molar-refractivity contribution in [2.75, 3.05) is 0 Å². The standard InChI is InChI=1S/C14H14N4O/c1-8(2)17-18-13-14(19)15-11-7-9-5-3-4-6-10(9)12(11)16-13/h3-7,13,18H,1-2H3,(H,15,19). The summed E-state index contributed by atoms with van der Waals surface area (Å²) in [5.41, 5.74) is 7.32. The van der Waals surface area contributed by atoms with E-state index in [1.165, 1.54) is 0 Å². The second-order valence-corrected chi connectivity index (χ2v) is 4.70. The van der Waals surface area contributed by atoms with Gasteiger partial charge in [-0.3, -0.25) is 10.2 Å². The maximum Gasteiger partial charge on any atom is 0.271 e. The topological polar surface area (TPSA) is 65.8 Å². The molecule has 1 aliphatic carbocycles. The third kappa shape index (κ3) is 2.03. The molecule has 5 heteroatoms. The molecule has 0 aromatic heterocycles. The monoisotopic (exact) mass is 254 g/mol. The van der Waals surface area contributed by atoms with Gasteiger partial charge in [0.15, 0.2) is 0 Å². The van der Waals surface area contributed by atoms with Crippen LogP contribution in [-0.4, -0.2) is 23.5 Å². The zero-order chi connectivity index (χ0) is 13.4. The van der Waals surface area contributed by atoms with Crippen molar-refractivity contribution in [3.63, 3.8) is 0 Å². The van der Waals surface area contributed by atoms with Crippen LogP contribution in [-0.2, 0) is 4.79 Å². The Kier molecular flexibility index (Phi) is 2.67. The van der Waals surface area contributed by atoms with Crippen molar-refractivity contribution in [2.45, 2.75) is 20.0 Å². The van der Waals surface area contributed by atoms with Crippen molar-refractivity contribution in [3.05, 3.63) is 41.1 Å². The molecule has 0 fully saturated rings. The van der Waals surface area contributed by atoms with Gasteiger partial charge in [-0.05, 0) is 25.5 Å². The number of amides is 1. The van der Waals surface area contributed by atoms with Crippen molar-refractivity contribution in [1.82, 2.24) is 10.7 Å². The van der Waals surface area contributed by atoms with Gasteiger partial charge in [-0.2, -0.15) is 5.10 Å². The quantitative estimate of drug-likeness (QED) is 0.616. The lowest BCUT2D eigenvalue weighted by atomic mass is 10.1. The summed E-state index contributed by atoms with van der Waals surface area (Å²) in [4.78, 5) is 16.4. The first kappa shape index (κ1) is 11.6. The molecule has 1 aromatic carbocycles. The van der Waals surface area contributed by atoms with Crippen LogP contribution in [0.25, 0.3) is 6.08 Å². The average molecular weight is 254 g/mol. The van der Waals surface area contributed by atoms with Crippen LogP contribution in [0.1, 0.15) is 25.0 Å². The molecule has 96 valence electrons. The minimum Gasteiger partial charge on any atom is -0.321 e. The number of nitrogens with one attached hydrogen (secondary N) is 2. The molecule has 2 N–H and O–H groups in total. The number of fused-ring (bicyclic) bond motifs is 3.